The number of nitrogens with zero attached hydrogens (tertiary/aromatic N) is 5. The van der Waals surface area contributed by atoms with Crippen LogP contribution in [-0.2, 0) is 4.79 Å². The van der Waals surface area contributed by atoms with Gasteiger partial charge in [-0.3, -0.25) is 14.1 Å². The van der Waals surface area contributed by atoms with Crippen molar-refractivity contribution in [3.63, 3.8) is 0 Å². The quantitative estimate of drug-likeness (QED) is 0.577. The van der Waals surface area contributed by atoms with Crippen LogP contribution in [0, 0.1) is 5.92 Å². The summed E-state index contributed by atoms with van der Waals surface area (Å²) in [6.45, 7) is 3.14. The number of aromatic nitrogens is 4. The normalized spacial score (nSPS) is 26.3. The van der Waals surface area contributed by atoms with E-state index in [4.69, 9.17) is 0 Å². The van der Waals surface area contributed by atoms with Gasteiger partial charge in [-0.15, -0.1) is 0 Å². The van der Waals surface area contributed by atoms with E-state index in [0.29, 0.717) is 12.5 Å². The molecule has 3 aromatic rings. The monoisotopic (exact) mass is 356 g/mol. The minimum absolute atomic E-state index is 0.124. The van der Waals surface area contributed by atoms with Crippen molar-refractivity contribution in [1.29, 1.82) is 0 Å². The Hall–Kier alpha value is -2.48. The minimum atomic E-state index is -1.47. The first-order valence-electron chi connectivity index (χ1n) is 9.03. The Morgan fingerprint density at radius 1 is 1.35 bits per heavy atom. The SMILES string of the molecule is C[C@@H]1CCN(C2(F)CN(C=O)C2)C(c2ncc3cnc4[nH]ccc4n23)C1. The predicted molar refractivity (Wildman–Crippen MR) is 94.2 cm³/mol. The summed E-state index contributed by atoms with van der Waals surface area (Å²) in [5.41, 5.74) is 2.64. The highest BCUT2D eigenvalue weighted by Gasteiger charge is 2.52. The van der Waals surface area contributed by atoms with Crippen LogP contribution in [0.3, 0.4) is 0 Å². The highest BCUT2D eigenvalue weighted by atomic mass is 19.1. The van der Waals surface area contributed by atoms with Gasteiger partial charge < -0.3 is 9.88 Å². The highest BCUT2D eigenvalue weighted by molar-refractivity contribution is 5.75. The van der Waals surface area contributed by atoms with E-state index in [1.54, 1.807) is 12.4 Å². The number of amides is 1. The first-order chi connectivity index (χ1) is 12.6. The molecule has 7 nitrogen and oxygen atoms in total. The molecule has 5 heterocycles. The zero-order valence-electron chi connectivity index (χ0n) is 14.6. The van der Waals surface area contributed by atoms with Crippen LogP contribution in [0.2, 0.25) is 0 Å². The molecule has 5 rings (SSSR count). The molecule has 1 amide bonds. The minimum Gasteiger partial charge on any atom is -0.345 e. The van der Waals surface area contributed by atoms with E-state index in [2.05, 4.69) is 26.3 Å². The van der Waals surface area contributed by atoms with Crippen molar-refractivity contribution < 1.29 is 9.18 Å². The van der Waals surface area contributed by atoms with E-state index in [0.717, 1.165) is 41.8 Å². The smallest absolute Gasteiger partial charge is 0.210 e. The Kier molecular flexibility index (Phi) is 3.34. The number of alkyl halides is 1. The second-order valence-corrected chi connectivity index (χ2v) is 7.61. The molecule has 0 spiro atoms. The third kappa shape index (κ3) is 2.18. The summed E-state index contributed by atoms with van der Waals surface area (Å²) in [5.74, 6) is -0.125. The number of fused-ring (bicyclic) bond motifs is 3. The fraction of sp³-hybridized carbons (Fsp3) is 0.500. The van der Waals surface area contributed by atoms with Gasteiger partial charge in [-0.2, -0.15) is 0 Å². The van der Waals surface area contributed by atoms with E-state index in [9.17, 15) is 4.79 Å². The fourth-order valence-corrected chi connectivity index (χ4v) is 4.43. The van der Waals surface area contributed by atoms with Crippen molar-refractivity contribution in [1.82, 2.24) is 29.2 Å². The molecular formula is C18H21FN6O. The van der Waals surface area contributed by atoms with Gasteiger partial charge in [0, 0.05) is 12.7 Å². The van der Waals surface area contributed by atoms with Crippen molar-refractivity contribution >= 4 is 23.1 Å². The largest absolute Gasteiger partial charge is 0.345 e. The summed E-state index contributed by atoms with van der Waals surface area (Å²) in [6.07, 6.45) is 7.96. The molecule has 0 aliphatic carbocycles. The van der Waals surface area contributed by atoms with E-state index in [-0.39, 0.29) is 19.1 Å². The van der Waals surface area contributed by atoms with Gasteiger partial charge in [0.05, 0.1) is 42.6 Å². The Bertz CT molecular complexity index is 975. The molecular weight excluding hydrogens is 335 g/mol. The number of rotatable bonds is 3. The molecule has 136 valence electrons. The van der Waals surface area contributed by atoms with Crippen molar-refractivity contribution in [3.05, 3.63) is 30.5 Å². The van der Waals surface area contributed by atoms with Crippen LogP contribution >= 0.6 is 0 Å². The molecule has 0 radical (unpaired) electrons. The van der Waals surface area contributed by atoms with E-state index >= 15 is 4.39 Å². The average molecular weight is 356 g/mol. The van der Waals surface area contributed by atoms with Gasteiger partial charge in [0.15, 0.2) is 11.4 Å². The third-order valence-corrected chi connectivity index (χ3v) is 5.80. The van der Waals surface area contributed by atoms with Crippen molar-refractivity contribution in [2.24, 2.45) is 5.92 Å². The van der Waals surface area contributed by atoms with Gasteiger partial charge in [0.25, 0.3) is 0 Å². The van der Waals surface area contributed by atoms with Gasteiger partial charge in [0.1, 0.15) is 5.82 Å². The number of piperidine rings is 1. The number of halogens is 1. The highest BCUT2D eigenvalue weighted by Crippen LogP contribution is 2.42. The summed E-state index contributed by atoms with van der Waals surface area (Å²) in [5, 5.41) is 0. The van der Waals surface area contributed by atoms with Crippen LogP contribution in [0.5, 0.6) is 0 Å². The number of nitrogens with one attached hydrogen (secondary N) is 1. The predicted octanol–water partition coefficient (Wildman–Crippen LogP) is 2.12. The Labute approximate surface area is 149 Å². The standard InChI is InChI=1S/C18H21FN6O/c1-12-3-5-24(18(19)9-23(10-18)11-26)15(6-12)17-22-8-13-7-21-16-14(25(13)17)2-4-20-16/h2,4,7-8,11-12,15,20H,3,5-6,9-10H2,1H3/t12-,15?/m1/s1. The van der Waals surface area contributed by atoms with Gasteiger partial charge in [-0.1, -0.05) is 6.92 Å². The molecule has 2 fully saturated rings. The molecule has 0 aromatic carbocycles. The van der Waals surface area contributed by atoms with Gasteiger partial charge in [-0.05, 0) is 24.8 Å². The second-order valence-electron chi connectivity index (χ2n) is 7.61. The summed E-state index contributed by atoms with van der Waals surface area (Å²) < 4.78 is 17.6. The van der Waals surface area contributed by atoms with Crippen LogP contribution in [0.4, 0.5) is 4.39 Å². The molecule has 2 aliphatic heterocycles. The maximum absolute atomic E-state index is 15.5. The number of carbonyl (C=O) groups is 1. The lowest BCUT2D eigenvalue weighted by atomic mass is 9.88. The van der Waals surface area contributed by atoms with E-state index < -0.39 is 5.79 Å². The molecule has 3 aromatic heterocycles. The molecule has 1 unspecified atom stereocenters. The molecule has 2 aliphatic rings. The molecule has 2 saturated heterocycles. The van der Waals surface area contributed by atoms with Crippen LogP contribution in [-0.4, -0.2) is 61.0 Å². The third-order valence-electron chi connectivity index (χ3n) is 5.80. The number of likely N-dealkylation sites (tertiary alicyclic amines) is 2. The Balaban J connectivity index is 1.61. The molecule has 0 saturated carbocycles. The zero-order chi connectivity index (χ0) is 17.9. The number of imidazole rings is 1. The topological polar surface area (TPSA) is 69.5 Å². The fourth-order valence-electron chi connectivity index (χ4n) is 4.43. The zero-order valence-corrected chi connectivity index (χ0v) is 14.6. The lowest BCUT2D eigenvalue weighted by Gasteiger charge is -2.53. The molecule has 8 heteroatoms. The van der Waals surface area contributed by atoms with Crippen LogP contribution in [0.15, 0.2) is 24.7 Å². The number of carbonyl (C=O) groups excluding carboxylic acids is 1. The lowest BCUT2D eigenvalue weighted by molar-refractivity contribution is -0.177. The molecule has 26 heavy (non-hydrogen) atoms. The molecule has 0 bridgehead atoms. The van der Waals surface area contributed by atoms with Crippen LogP contribution in [0.25, 0.3) is 16.7 Å². The van der Waals surface area contributed by atoms with Crippen molar-refractivity contribution in [3.8, 4) is 0 Å². The van der Waals surface area contributed by atoms with Gasteiger partial charge in [-0.25, -0.2) is 14.4 Å². The average Bonchev–Trinajstić information content (AvgIpc) is 3.24. The Morgan fingerprint density at radius 2 is 2.15 bits per heavy atom. The summed E-state index contributed by atoms with van der Waals surface area (Å²) in [7, 11) is 0. The maximum atomic E-state index is 15.5. The number of hydrogen-bond acceptors (Lipinski definition) is 4. The van der Waals surface area contributed by atoms with Gasteiger partial charge >= 0.3 is 0 Å². The Morgan fingerprint density at radius 3 is 2.96 bits per heavy atom. The second kappa shape index (κ2) is 5.51. The van der Waals surface area contributed by atoms with E-state index in [1.807, 2.05) is 17.2 Å². The lowest BCUT2D eigenvalue weighted by Crippen LogP contribution is -2.68. The van der Waals surface area contributed by atoms with Crippen molar-refractivity contribution in [2.45, 2.75) is 31.6 Å². The number of H-pyrrole nitrogens is 1. The van der Waals surface area contributed by atoms with E-state index in [1.165, 1.54) is 4.90 Å². The first-order valence-corrected chi connectivity index (χ1v) is 9.03. The summed E-state index contributed by atoms with van der Waals surface area (Å²) in [6, 6.07) is 1.85. The maximum Gasteiger partial charge on any atom is 0.210 e. The number of aromatic amines is 1. The molecule has 1 N–H and O–H groups in total. The van der Waals surface area contributed by atoms with Crippen molar-refractivity contribution in [2.75, 3.05) is 19.6 Å². The summed E-state index contributed by atoms with van der Waals surface area (Å²) in [4.78, 5) is 26.5. The number of hydrogen-bond donors (Lipinski definition) is 1. The summed E-state index contributed by atoms with van der Waals surface area (Å²) >= 11 is 0. The van der Waals surface area contributed by atoms with Crippen LogP contribution in [0.1, 0.15) is 31.6 Å². The van der Waals surface area contributed by atoms with Crippen LogP contribution < -0.4 is 0 Å². The molecule has 2 atom stereocenters. The van der Waals surface area contributed by atoms with Gasteiger partial charge in [0.2, 0.25) is 6.41 Å². The first kappa shape index (κ1) is 15.7.